The highest BCUT2D eigenvalue weighted by atomic mass is 16.4. The number of amides is 4. The molecule has 0 unspecified atom stereocenters. The van der Waals surface area contributed by atoms with E-state index in [-0.39, 0.29) is 18.6 Å². The van der Waals surface area contributed by atoms with Crippen LogP contribution in [0.15, 0.2) is 24.3 Å². The number of carboxylic acids is 1. The molecule has 13 nitrogen and oxygen atoms in total. The molecule has 0 heterocycles. The van der Waals surface area contributed by atoms with Crippen LogP contribution >= 0.6 is 0 Å². The molecule has 0 bridgehead atoms. The number of aliphatic carboxylic acids is 1. The van der Waals surface area contributed by atoms with E-state index in [0.717, 1.165) is 0 Å². The van der Waals surface area contributed by atoms with E-state index >= 15 is 0 Å². The lowest BCUT2D eigenvalue weighted by molar-refractivity contribution is -0.142. The van der Waals surface area contributed by atoms with Crippen molar-refractivity contribution in [2.75, 3.05) is 6.54 Å². The van der Waals surface area contributed by atoms with E-state index in [1.807, 2.05) is 0 Å². The van der Waals surface area contributed by atoms with Crippen LogP contribution < -0.4 is 33.2 Å². The quantitative estimate of drug-likeness (QED) is 0.117. The van der Waals surface area contributed by atoms with Crippen LogP contribution in [0.25, 0.3) is 0 Å². The highest BCUT2D eigenvalue weighted by molar-refractivity contribution is 5.95. The van der Waals surface area contributed by atoms with Crippen LogP contribution in [0.3, 0.4) is 0 Å². The Kier molecular flexibility index (Phi) is 13.0. The second-order valence-electron chi connectivity index (χ2n) is 9.12. The minimum absolute atomic E-state index is 0.00881. The maximum Gasteiger partial charge on any atom is 0.326 e. The maximum atomic E-state index is 13.1. The molecule has 13 heteroatoms. The zero-order valence-corrected chi connectivity index (χ0v) is 21.1. The number of carbonyl (C=O) groups excluding carboxylic acids is 4. The van der Waals surface area contributed by atoms with Gasteiger partial charge in [0.25, 0.3) is 0 Å². The highest BCUT2D eigenvalue weighted by Crippen LogP contribution is 2.13. The summed E-state index contributed by atoms with van der Waals surface area (Å²) < 4.78 is 0. The van der Waals surface area contributed by atoms with Gasteiger partial charge in [0, 0.05) is 6.42 Å². The van der Waals surface area contributed by atoms with Gasteiger partial charge in [-0.2, -0.15) is 0 Å². The molecule has 0 fully saturated rings. The Morgan fingerprint density at radius 2 is 1.49 bits per heavy atom. The summed E-state index contributed by atoms with van der Waals surface area (Å²) in [5, 5.41) is 26.6. The molecule has 0 aliphatic carbocycles. The summed E-state index contributed by atoms with van der Waals surface area (Å²) in [5.74, 6) is -4.63. The number of rotatable bonds is 16. The van der Waals surface area contributed by atoms with Crippen molar-refractivity contribution in [3.63, 3.8) is 0 Å². The van der Waals surface area contributed by atoms with Crippen molar-refractivity contribution in [1.82, 2.24) is 16.0 Å². The topological polar surface area (TPSA) is 240 Å². The van der Waals surface area contributed by atoms with Crippen molar-refractivity contribution >= 4 is 29.6 Å². The predicted molar refractivity (Wildman–Crippen MR) is 135 cm³/mol. The van der Waals surface area contributed by atoms with Gasteiger partial charge in [-0.05, 0) is 49.4 Å². The molecule has 4 amide bonds. The summed E-state index contributed by atoms with van der Waals surface area (Å²) in [6.07, 6.45) is 0.787. The smallest absolute Gasteiger partial charge is 0.326 e. The van der Waals surface area contributed by atoms with Crippen molar-refractivity contribution in [2.45, 2.75) is 70.1 Å². The normalized spacial score (nSPS) is 14.2. The van der Waals surface area contributed by atoms with Crippen LogP contribution in [0.4, 0.5) is 0 Å². The molecule has 11 N–H and O–H groups in total. The molecule has 0 aromatic heterocycles. The molecule has 0 aliphatic heterocycles. The largest absolute Gasteiger partial charge is 0.508 e. The Morgan fingerprint density at radius 1 is 0.892 bits per heavy atom. The van der Waals surface area contributed by atoms with Gasteiger partial charge in [0.15, 0.2) is 0 Å². The monoisotopic (exact) mass is 522 g/mol. The van der Waals surface area contributed by atoms with Gasteiger partial charge in [0.2, 0.25) is 23.6 Å². The van der Waals surface area contributed by atoms with Crippen molar-refractivity contribution in [3.05, 3.63) is 29.8 Å². The van der Waals surface area contributed by atoms with Crippen LogP contribution in [-0.4, -0.2) is 70.5 Å². The molecule has 0 spiro atoms. The number of nitrogens with two attached hydrogens (primary N) is 3. The van der Waals surface area contributed by atoms with Crippen molar-refractivity contribution in [1.29, 1.82) is 0 Å². The lowest BCUT2D eigenvalue weighted by Crippen LogP contribution is -2.59. The Labute approximate surface area is 215 Å². The summed E-state index contributed by atoms with van der Waals surface area (Å²) in [6, 6.07) is 1.18. The zero-order valence-electron chi connectivity index (χ0n) is 21.1. The van der Waals surface area contributed by atoms with E-state index in [4.69, 9.17) is 17.2 Å². The van der Waals surface area contributed by atoms with Crippen LogP contribution in [0.1, 0.15) is 45.1 Å². The summed E-state index contributed by atoms with van der Waals surface area (Å²) in [4.78, 5) is 61.4. The molecule has 0 aliphatic rings. The second kappa shape index (κ2) is 15.4. The molecule has 1 aromatic rings. The highest BCUT2D eigenvalue weighted by Gasteiger charge is 2.32. The number of hydrogen-bond donors (Lipinski definition) is 8. The molecule has 1 rings (SSSR count). The Balaban J connectivity index is 3.10. The van der Waals surface area contributed by atoms with Gasteiger partial charge in [0.1, 0.15) is 23.9 Å². The molecule has 1 aromatic carbocycles. The average Bonchev–Trinajstić information content (AvgIpc) is 2.81. The first-order chi connectivity index (χ1) is 17.3. The Bertz CT molecular complexity index is 938. The number of aromatic hydroxyl groups is 1. The van der Waals surface area contributed by atoms with E-state index in [1.165, 1.54) is 12.1 Å². The predicted octanol–water partition coefficient (Wildman–Crippen LogP) is -1.54. The number of benzene rings is 1. The Morgan fingerprint density at radius 3 is 2.00 bits per heavy atom. The standard InChI is InChI=1S/C24H38N6O7/c1-13(2)20(30-21(33)16(26)12-19(27)32)23(35)29-18(11-14-6-8-15(31)9-7-14)22(34)28-17(24(36)37)5-3-4-10-25/h6-9,13,16-18,20,31H,3-5,10-12,25-26H2,1-2H3,(H2,27,32)(H,28,34)(H,29,35)(H,30,33)(H,36,37)/t16-,17-,18-,20-/m0/s1. The van der Waals surface area contributed by atoms with Crippen molar-refractivity contribution < 1.29 is 34.2 Å². The van der Waals surface area contributed by atoms with E-state index in [2.05, 4.69) is 16.0 Å². The number of phenolic OH excluding ortho intramolecular Hbond substituents is 1. The molecule has 37 heavy (non-hydrogen) atoms. The summed E-state index contributed by atoms with van der Waals surface area (Å²) >= 11 is 0. The van der Waals surface area contributed by atoms with Crippen LogP contribution in [0.5, 0.6) is 5.75 Å². The van der Waals surface area contributed by atoms with E-state index in [1.54, 1.807) is 26.0 Å². The second-order valence-corrected chi connectivity index (χ2v) is 9.12. The van der Waals surface area contributed by atoms with E-state index in [0.29, 0.717) is 24.9 Å². The first-order valence-corrected chi connectivity index (χ1v) is 12.0. The Hall–Kier alpha value is -3.71. The van der Waals surface area contributed by atoms with Crippen molar-refractivity contribution in [3.8, 4) is 5.75 Å². The molecule has 0 radical (unpaired) electrons. The van der Waals surface area contributed by atoms with Gasteiger partial charge in [0.05, 0.1) is 12.5 Å². The third-order valence-electron chi connectivity index (χ3n) is 5.58. The molecule has 0 saturated heterocycles. The van der Waals surface area contributed by atoms with Crippen molar-refractivity contribution in [2.24, 2.45) is 23.1 Å². The van der Waals surface area contributed by atoms with Gasteiger partial charge in [-0.15, -0.1) is 0 Å². The minimum Gasteiger partial charge on any atom is -0.508 e. The number of primary amides is 1. The van der Waals surface area contributed by atoms with Crippen LogP contribution in [0.2, 0.25) is 0 Å². The van der Waals surface area contributed by atoms with Crippen LogP contribution in [0, 0.1) is 5.92 Å². The molecule has 206 valence electrons. The average molecular weight is 523 g/mol. The van der Waals surface area contributed by atoms with E-state index in [9.17, 15) is 34.2 Å². The number of nitrogens with one attached hydrogen (secondary N) is 3. The van der Waals surface area contributed by atoms with E-state index < -0.39 is 66.1 Å². The lowest BCUT2D eigenvalue weighted by Gasteiger charge is -2.27. The summed E-state index contributed by atoms with van der Waals surface area (Å²) in [5.41, 5.74) is 16.8. The number of carboxylic acid groups (broad SMARTS) is 1. The van der Waals surface area contributed by atoms with Gasteiger partial charge >= 0.3 is 5.97 Å². The molecular formula is C24H38N6O7. The number of phenols is 1. The molecular weight excluding hydrogens is 484 g/mol. The fraction of sp³-hybridized carbons (Fsp3) is 0.542. The SMILES string of the molecule is CC(C)[C@H](NC(=O)[C@@H](N)CC(N)=O)C(=O)N[C@@H](Cc1ccc(O)cc1)C(=O)N[C@@H](CCCCN)C(=O)O. The van der Waals surface area contributed by atoms with Gasteiger partial charge in [-0.3, -0.25) is 19.2 Å². The lowest BCUT2D eigenvalue weighted by atomic mass is 10.00. The fourth-order valence-corrected chi connectivity index (χ4v) is 3.47. The minimum atomic E-state index is -1.26. The zero-order chi connectivity index (χ0) is 28.1. The fourth-order valence-electron chi connectivity index (χ4n) is 3.47. The van der Waals surface area contributed by atoms with Gasteiger partial charge in [-0.1, -0.05) is 26.0 Å². The summed E-state index contributed by atoms with van der Waals surface area (Å²) in [7, 11) is 0. The number of unbranched alkanes of at least 4 members (excludes halogenated alkanes) is 1. The van der Waals surface area contributed by atoms with Crippen LogP contribution in [-0.2, 0) is 30.4 Å². The maximum absolute atomic E-state index is 13.1. The number of carbonyl (C=O) groups is 5. The van der Waals surface area contributed by atoms with Gasteiger partial charge in [-0.25, -0.2) is 4.79 Å². The third kappa shape index (κ3) is 11.3. The first-order valence-electron chi connectivity index (χ1n) is 12.0. The van der Waals surface area contributed by atoms with Gasteiger partial charge < -0.3 is 43.4 Å². The number of hydrogen-bond acceptors (Lipinski definition) is 8. The molecule has 0 saturated carbocycles. The first kappa shape index (κ1) is 31.3. The molecule has 4 atom stereocenters. The summed E-state index contributed by atoms with van der Waals surface area (Å²) in [6.45, 7) is 3.71. The third-order valence-corrected chi connectivity index (χ3v) is 5.58.